The van der Waals surface area contributed by atoms with Crippen LogP contribution in [0.5, 0.6) is 5.75 Å². The average molecular weight is 396 g/mol. The Hall–Kier alpha value is -2.73. The molecule has 29 heavy (non-hydrogen) atoms. The predicted molar refractivity (Wildman–Crippen MR) is 121 cm³/mol. The van der Waals surface area contributed by atoms with Gasteiger partial charge in [0.15, 0.2) is 5.96 Å². The van der Waals surface area contributed by atoms with E-state index in [0.29, 0.717) is 6.04 Å². The van der Waals surface area contributed by atoms with E-state index in [9.17, 15) is 0 Å². The lowest BCUT2D eigenvalue weighted by Crippen LogP contribution is -2.46. The molecule has 0 spiro atoms. The molecular weight excluding hydrogens is 362 g/mol. The highest BCUT2D eigenvalue weighted by Gasteiger charge is 2.23. The normalized spacial score (nSPS) is 18.0. The number of nitrogens with one attached hydrogen (secondary N) is 2. The van der Waals surface area contributed by atoms with Crippen LogP contribution >= 0.6 is 0 Å². The number of hydrogen-bond donors (Lipinski definition) is 2. The van der Waals surface area contributed by atoms with Gasteiger partial charge in [-0.15, -0.1) is 0 Å². The predicted octanol–water partition coefficient (Wildman–Crippen LogP) is 2.74. The van der Waals surface area contributed by atoms with Gasteiger partial charge in [0.05, 0.1) is 13.2 Å². The molecule has 0 aliphatic carbocycles. The van der Waals surface area contributed by atoms with E-state index >= 15 is 0 Å². The van der Waals surface area contributed by atoms with E-state index in [2.05, 4.69) is 82.0 Å². The van der Waals surface area contributed by atoms with Crippen molar-refractivity contribution in [2.45, 2.75) is 18.5 Å². The topological polar surface area (TPSA) is 52.1 Å². The van der Waals surface area contributed by atoms with Crippen LogP contribution in [0.4, 0.5) is 5.69 Å². The molecule has 1 saturated heterocycles. The van der Waals surface area contributed by atoms with Crippen molar-refractivity contribution in [2.75, 3.05) is 52.8 Å². The Morgan fingerprint density at radius 2 is 1.90 bits per heavy atom. The fourth-order valence-corrected chi connectivity index (χ4v) is 3.76. The number of likely N-dealkylation sites (N-methyl/N-ethyl adjacent to an activating group) is 1. The first kappa shape index (κ1) is 21.0. The number of aliphatic imine (C=N–C) groups is 1. The average Bonchev–Trinajstić information content (AvgIpc) is 3.22. The molecule has 1 aliphatic heterocycles. The number of nitrogens with zero attached hydrogens (tertiary/aromatic N) is 3. The Morgan fingerprint density at radius 1 is 1.17 bits per heavy atom. The number of rotatable bonds is 7. The van der Waals surface area contributed by atoms with Gasteiger partial charge >= 0.3 is 0 Å². The fraction of sp³-hybridized carbons (Fsp3) is 0.435. The van der Waals surface area contributed by atoms with Crippen molar-refractivity contribution in [1.29, 1.82) is 0 Å². The van der Waals surface area contributed by atoms with Crippen molar-refractivity contribution >= 4 is 11.6 Å². The molecule has 0 aromatic heterocycles. The molecular formula is C23H33N5O. The summed E-state index contributed by atoms with van der Waals surface area (Å²) in [5.74, 6) is 1.73. The highest BCUT2D eigenvalue weighted by molar-refractivity contribution is 5.80. The highest BCUT2D eigenvalue weighted by atomic mass is 16.5. The van der Waals surface area contributed by atoms with Gasteiger partial charge in [-0.2, -0.15) is 0 Å². The van der Waals surface area contributed by atoms with Gasteiger partial charge < -0.3 is 25.2 Å². The minimum atomic E-state index is 0.240. The van der Waals surface area contributed by atoms with Crippen molar-refractivity contribution < 1.29 is 4.74 Å². The molecule has 0 bridgehead atoms. The van der Waals surface area contributed by atoms with Gasteiger partial charge in [0.25, 0.3) is 0 Å². The summed E-state index contributed by atoms with van der Waals surface area (Å²) in [5, 5.41) is 7.09. The summed E-state index contributed by atoms with van der Waals surface area (Å²) >= 11 is 0. The van der Waals surface area contributed by atoms with E-state index in [-0.39, 0.29) is 6.04 Å². The Balaban J connectivity index is 1.55. The van der Waals surface area contributed by atoms with E-state index in [1.54, 1.807) is 7.11 Å². The number of hydrogen-bond acceptors (Lipinski definition) is 4. The second-order valence-corrected chi connectivity index (χ2v) is 7.62. The van der Waals surface area contributed by atoms with Crippen LogP contribution in [-0.4, -0.2) is 64.8 Å². The van der Waals surface area contributed by atoms with Crippen molar-refractivity contribution in [3.63, 3.8) is 0 Å². The van der Waals surface area contributed by atoms with Crippen LogP contribution < -0.4 is 20.3 Å². The molecule has 2 unspecified atom stereocenters. The van der Waals surface area contributed by atoms with Crippen molar-refractivity contribution in [1.82, 2.24) is 15.5 Å². The number of guanidine groups is 1. The molecule has 1 aliphatic rings. The molecule has 3 rings (SSSR count). The minimum absolute atomic E-state index is 0.240. The van der Waals surface area contributed by atoms with E-state index < -0.39 is 0 Å². The van der Waals surface area contributed by atoms with Gasteiger partial charge in [0.1, 0.15) is 5.75 Å². The largest absolute Gasteiger partial charge is 0.497 e. The first-order chi connectivity index (χ1) is 14.1. The number of benzene rings is 2. The molecule has 1 heterocycles. The summed E-state index contributed by atoms with van der Waals surface area (Å²) in [6, 6.07) is 19.5. The van der Waals surface area contributed by atoms with Gasteiger partial charge in [-0.05, 0) is 50.3 Å². The molecule has 2 N–H and O–H groups in total. The molecule has 156 valence electrons. The van der Waals surface area contributed by atoms with Gasteiger partial charge in [0.2, 0.25) is 0 Å². The van der Waals surface area contributed by atoms with Gasteiger partial charge in [0, 0.05) is 38.4 Å². The molecule has 6 heteroatoms. The van der Waals surface area contributed by atoms with Crippen LogP contribution in [0.25, 0.3) is 0 Å². The summed E-state index contributed by atoms with van der Waals surface area (Å²) in [6.07, 6.45) is 1.10. The molecule has 2 atom stereocenters. The van der Waals surface area contributed by atoms with Crippen LogP contribution in [0.1, 0.15) is 18.0 Å². The number of para-hydroxylation sites is 1. The maximum absolute atomic E-state index is 5.28. The monoisotopic (exact) mass is 395 g/mol. The lowest BCUT2D eigenvalue weighted by Gasteiger charge is -2.27. The van der Waals surface area contributed by atoms with E-state index in [0.717, 1.165) is 37.8 Å². The fourth-order valence-electron chi connectivity index (χ4n) is 3.76. The van der Waals surface area contributed by atoms with E-state index in [4.69, 9.17) is 4.74 Å². The lowest BCUT2D eigenvalue weighted by atomic mass is 10.1. The zero-order valence-corrected chi connectivity index (χ0v) is 17.9. The molecule has 0 amide bonds. The summed E-state index contributed by atoms with van der Waals surface area (Å²) in [7, 11) is 7.72. The second-order valence-electron chi connectivity index (χ2n) is 7.62. The smallest absolute Gasteiger partial charge is 0.191 e. The van der Waals surface area contributed by atoms with Gasteiger partial charge in [-0.25, -0.2) is 0 Å². The standard InChI is InChI=1S/C23H33N5O/c1-24-23(26-19-14-15-28(17-19)20-8-6-5-7-9-20)25-16-22(27(2)3)18-10-12-21(29-4)13-11-18/h5-13,19,22H,14-17H2,1-4H3,(H2,24,25,26). The second kappa shape index (κ2) is 10.2. The van der Waals surface area contributed by atoms with Crippen LogP contribution in [-0.2, 0) is 0 Å². The van der Waals surface area contributed by atoms with Crippen LogP contribution in [0.3, 0.4) is 0 Å². The molecule has 0 saturated carbocycles. The van der Waals surface area contributed by atoms with Crippen molar-refractivity contribution in [3.05, 3.63) is 60.2 Å². The number of methoxy groups -OCH3 is 1. The Kier molecular flexibility index (Phi) is 7.36. The van der Waals surface area contributed by atoms with Gasteiger partial charge in [-0.1, -0.05) is 30.3 Å². The molecule has 2 aromatic rings. The summed E-state index contributed by atoms with van der Waals surface area (Å²) in [4.78, 5) is 9.08. The third kappa shape index (κ3) is 5.64. The quantitative estimate of drug-likeness (QED) is 0.558. The maximum Gasteiger partial charge on any atom is 0.191 e. The molecule has 6 nitrogen and oxygen atoms in total. The first-order valence-electron chi connectivity index (χ1n) is 10.2. The van der Waals surface area contributed by atoms with E-state index in [1.165, 1.54) is 11.3 Å². The molecule has 2 aromatic carbocycles. The lowest BCUT2D eigenvalue weighted by molar-refractivity contribution is 0.297. The first-order valence-corrected chi connectivity index (χ1v) is 10.2. The van der Waals surface area contributed by atoms with Crippen LogP contribution in [0, 0.1) is 0 Å². The Bertz CT molecular complexity index is 776. The summed E-state index contributed by atoms with van der Waals surface area (Å²) in [5.41, 5.74) is 2.53. The van der Waals surface area contributed by atoms with Crippen molar-refractivity contribution in [2.24, 2.45) is 4.99 Å². The summed E-state index contributed by atoms with van der Waals surface area (Å²) in [6.45, 7) is 2.82. The zero-order chi connectivity index (χ0) is 20.6. The summed E-state index contributed by atoms with van der Waals surface area (Å²) < 4.78 is 5.28. The van der Waals surface area contributed by atoms with Crippen LogP contribution in [0.2, 0.25) is 0 Å². The Labute approximate surface area is 174 Å². The third-order valence-electron chi connectivity index (χ3n) is 5.46. The minimum Gasteiger partial charge on any atom is -0.497 e. The van der Waals surface area contributed by atoms with Gasteiger partial charge in [-0.3, -0.25) is 4.99 Å². The zero-order valence-electron chi connectivity index (χ0n) is 17.9. The molecule has 1 fully saturated rings. The third-order valence-corrected chi connectivity index (χ3v) is 5.46. The molecule has 0 radical (unpaired) electrons. The maximum atomic E-state index is 5.28. The Morgan fingerprint density at radius 3 is 2.52 bits per heavy atom. The van der Waals surface area contributed by atoms with E-state index in [1.807, 2.05) is 19.2 Å². The number of anilines is 1. The van der Waals surface area contributed by atoms with Crippen LogP contribution in [0.15, 0.2) is 59.6 Å². The van der Waals surface area contributed by atoms with Crippen molar-refractivity contribution in [3.8, 4) is 5.75 Å². The highest BCUT2D eigenvalue weighted by Crippen LogP contribution is 2.21. The number of ether oxygens (including phenoxy) is 1. The SMILES string of the molecule is CN=C(NCC(c1ccc(OC)cc1)N(C)C)NC1CCN(c2ccccc2)C1.